The lowest BCUT2D eigenvalue weighted by atomic mass is 9.86. The van der Waals surface area contributed by atoms with Crippen molar-refractivity contribution >= 4 is 28.6 Å². The maximum Gasteiger partial charge on any atom is 0.448 e. The fourth-order valence-corrected chi connectivity index (χ4v) is 5.87. The first-order chi connectivity index (χ1) is 23.9. The summed E-state index contributed by atoms with van der Waals surface area (Å²) >= 11 is 0. The lowest BCUT2D eigenvalue weighted by Gasteiger charge is -2.35. The lowest BCUT2D eigenvalue weighted by Crippen LogP contribution is -2.80. The average Bonchev–Trinajstić information content (AvgIpc) is 3.05. The first-order valence-electron chi connectivity index (χ1n) is 16.3. The van der Waals surface area contributed by atoms with E-state index in [9.17, 15) is 51.3 Å². The van der Waals surface area contributed by atoms with Crippen molar-refractivity contribution in [3.63, 3.8) is 0 Å². The first kappa shape index (κ1) is 40.8. The Morgan fingerprint density at radius 3 is 2.24 bits per heavy atom. The molecule has 0 amide bonds. The number of nitrogens with one attached hydrogen (secondary N) is 1. The molecule has 5 rings (SSSR count). The smallest absolute Gasteiger partial charge is 0.448 e. The summed E-state index contributed by atoms with van der Waals surface area (Å²) in [6, 6.07) is 9.10. The van der Waals surface area contributed by atoms with Gasteiger partial charge in [0.25, 0.3) is 0 Å². The van der Waals surface area contributed by atoms with Crippen molar-refractivity contribution in [3.05, 3.63) is 70.1 Å². The normalized spacial score (nSPS) is 15.4. The van der Waals surface area contributed by atoms with Crippen LogP contribution in [-0.2, 0) is 17.6 Å². The predicted octanol–water partition coefficient (Wildman–Crippen LogP) is 5.49. The Bertz CT molecular complexity index is 1900. The summed E-state index contributed by atoms with van der Waals surface area (Å²) in [4.78, 5) is 28.2. The molecule has 278 valence electrons. The van der Waals surface area contributed by atoms with E-state index in [0.29, 0.717) is 5.56 Å². The van der Waals surface area contributed by atoms with Crippen LogP contribution in [0.5, 0.6) is 0 Å². The van der Waals surface area contributed by atoms with Crippen LogP contribution in [-0.4, -0.2) is 78.6 Å². The van der Waals surface area contributed by atoms with Crippen LogP contribution in [0.2, 0.25) is 0 Å². The number of β-amino-alcohol motifs (C(OH)–C–C–N with tert-alkyl or cyclic N) is 1. The summed E-state index contributed by atoms with van der Waals surface area (Å²) in [6.45, 7) is 6.28. The first-order valence-corrected chi connectivity index (χ1v) is 16.3. The highest BCUT2D eigenvalue weighted by Gasteiger charge is 2.36. The second-order valence-electron chi connectivity index (χ2n) is 11.4. The summed E-state index contributed by atoms with van der Waals surface area (Å²) in [6.07, 6.45) is -11.6. The number of alkyl halides is 6. The highest BCUT2D eigenvalue weighted by atomic mass is 19.4. The summed E-state index contributed by atoms with van der Waals surface area (Å²) < 4.78 is 91.2. The van der Waals surface area contributed by atoms with Crippen molar-refractivity contribution in [1.82, 2.24) is 0 Å². The number of aliphatic hydroxyl groups excluding tert-OH is 2. The number of rotatable bonds is 7. The second-order valence-corrected chi connectivity index (χ2v) is 11.4. The molecule has 9 nitrogen and oxygen atoms in total. The summed E-state index contributed by atoms with van der Waals surface area (Å²) in [5, 5.41) is 30.6. The number of nitrogens with zero attached hydrogens (tertiary/aromatic N) is 1. The Hall–Kier alpha value is -4.63. The molecule has 0 saturated carbocycles. The van der Waals surface area contributed by atoms with Crippen molar-refractivity contribution in [2.24, 2.45) is 0 Å². The molecule has 0 saturated heterocycles. The number of methoxy groups -OCH3 is 1. The monoisotopic (exact) mass is 727 g/mol. The number of esters is 1. The number of hydrogen-bond acceptors (Lipinski definition) is 7. The van der Waals surface area contributed by atoms with E-state index in [-0.39, 0.29) is 80.5 Å². The molecule has 4 N–H and O–H groups in total. The number of fused-ring (bicyclic) bond motifs is 3. The molecule has 0 fully saturated rings. The molecule has 0 spiro atoms. The number of carboxylic acids is 1. The van der Waals surface area contributed by atoms with Crippen LogP contribution in [0.3, 0.4) is 0 Å². The van der Waals surface area contributed by atoms with Gasteiger partial charge < -0.3 is 29.4 Å². The van der Waals surface area contributed by atoms with E-state index in [1.54, 1.807) is 0 Å². The van der Waals surface area contributed by atoms with Crippen LogP contribution in [0.4, 0.5) is 32.0 Å². The van der Waals surface area contributed by atoms with Crippen LogP contribution in [0.25, 0.3) is 33.4 Å². The average molecular weight is 728 g/mol. The van der Waals surface area contributed by atoms with E-state index < -0.39 is 49.6 Å². The zero-order valence-electron chi connectivity index (χ0n) is 28.9. The molecule has 2 aromatic carbocycles. The van der Waals surface area contributed by atoms with Gasteiger partial charge in [0.05, 0.1) is 36.5 Å². The molecule has 2 aliphatic heterocycles. The van der Waals surface area contributed by atoms with Crippen molar-refractivity contribution in [2.75, 3.05) is 31.6 Å². The molecule has 2 atom stereocenters. The molecule has 1 aliphatic carbocycles. The van der Waals surface area contributed by atoms with Crippen LogP contribution < -0.4 is 15.2 Å². The number of halogens is 6. The van der Waals surface area contributed by atoms with Gasteiger partial charge in [0, 0.05) is 53.2 Å². The topological polar surface area (TPSA) is 134 Å². The number of carboxylic acid groups (broad SMARTS) is 1. The van der Waals surface area contributed by atoms with Gasteiger partial charge >= 0.3 is 24.3 Å². The molecule has 2 heterocycles. The van der Waals surface area contributed by atoms with E-state index in [0.717, 1.165) is 12.0 Å². The Balaban J connectivity index is 0.00000169. The highest BCUT2D eigenvalue weighted by Crippen LogP contribution is 2.45. The molecule has 0 radical (unpaired) electrons. The maximum absolute atomic E-state index is 13.5. The molecule has 2 unspecified atom stereocenters. The minimum atomic E-state index is -4.62. The number of carbonyl (C=O) groups excluding carboxylic acids is 1. The number of benzene rings is 3. The number of hydrogen-bond donors (Lipinski definition) is 4. The Morgan fingerprint density at radius 2 is 1.67 bits per heavy atom. The third-order valence-corrected chi connectivity index (χ3v) is 7.68. The summed E-state index contributed by atoms with van der Waals surface area (Å²) in [5.41, 5.74) is 0.686. The maximum atomic E-state index is 13.5. The third-order valence-electron chi connectivity index (χ3n) is 7.68. The quantitative estimate of drug-likeness (QED) is 0.112. The van der Waals surface area contributed by atoms with Crippen molar-refractivity contribution in [3.8, 4) is 22.5 Å². The Morgan fingerprint density at radius 1 is 1.00 bits per heavy atom. The number of anilines is 1. The van der Waals surface area contributed by atoms with E-state index in [2.05, 4.69) is 4.99 Å². The number of ether oxygens (including phenoxy) is 1. The number of aromatic carboxylic acids is 1. The zero-order chi connectivity index (χ0) is 38.4. The molecule has 51 heavy (non-hydrogen) atoms. The molecule has 0 bridgehead atoms. The summed E-state index contributed by atoms with van der Waals surface area (Å²) in [5.74, 6) is -2.24. The molecular formula is C36H41F6N2O7+. The molecule has 3 aliphatic rings. The second kappa shape index (κ2) is 16.6. The largest absolute Gasteiger partial charge is 0.478 e. The van der Waals surface area contributed by atoms with E-state index in [4.69, 9.17) is 9.15 Å². The van der Waals surface area contributed by atoms with Crippen molar-refractivity contribution < 1.29 is 65.4 Å². The Labute approximate surface area is 290 Å². The highest BCUT2D eigenvalue weighted by molar-refractivity contribution is 6.09. The molecule has 0 aromatic heterocycles. The van der Waals surface area contributed by atoms with Gasteiger partial charge in [0.1, 0.15) is 17.9 Å². The van der Waals surface area contributed by atoms with Gasteiger partial charge in [0.15, 0.2) is 0 Å². The third kappa shape index (κ3) is 9.79. The minimum Gasteiger partial charge on any atom is -0.478 e. The van der Waals surface area contributed by atoms with Crippen molar-refractivity contribution in [2.45, 2.75) is 72.0 Å². The van der Waals surface area contributed by atoms with Crippen LogP contribution in [0, 0.1) is 0 Å². The zero-order valence-corrected chi connectivity index (χ0v) is 28.9. The predicted molar refractivity (Wildman–Crippen MR) is 178 cm³/mol. The molecule has 15 heteroatoms. The van der Waals surface area contributed by atoms with Crippen molar-refractivity contribution in [1.29, 1.82) is 0 Å². The molecule has 2 aromatic rings. The van der Waals surface area contributed by atoms with Crippen LogP contribution in [0.15, 0.2) is 46.9 Å². The van der Waals surface area contributed by atoms with Crippen LogP contribution >= 0.6 is 0 Å². The number of carbonyl (C=O) groups is 2. The fourth-order valence-electron chi connectivity index (χ4n) is 5.87. The van der Waals surface area contributed by atoms with E-state index >= 15 is 0 Å². The van der Waals surface area contributed by atoms with E-state index in [1.807, 2.05) is 27.7 Å². The SMILES string of the molecule is CC.CC.COC(=O)c1ccc(C(=O)O)cc1-c1c2cc(CC(C)O)c(=[NH+]CC(F)(F)F)cc-2oc2cc3c(cc12)CC(O)CN3CC(F)(F)F. The fraction of sp³-hybridized carbons (Fsp3) is 0.417. The standard InChI is InChI=1S/C32H28F6N2O7.2C2H6/c1-15(41)5-17-8-22-26(10-24(17)39-13-31(33,34)35)47-27-11-25-18(6-19(42)12-40(25)14-32(36,37)38)9-23(27)28(22)21-7-16(29(43)44)3-4-20(21)30(45)46-2;2*1-2/h3-4,7-11,15,19,41-42H,5-6,12-14H2,1-2H3,(H,43,44);2*1-2H3/p+1. The van der Waals surface area contributed by atoms with E-state index in [1.165, 1.54) is 49.4 Å². The van der Waals surface area contributed by atoms with Gasteiger partial charge in [-0.15, -0.1) is 0 Å². The van der Waals surface area contributed by atoms with Gasteiger partial charge in [-0.25, -0.2) is 14.6 Å². The molecular weight excluding hydrogens is 686 g/mol. The Kier molecular flexibility index (Phi) is 13.3. The number of aliphatic hydroxyl groups is 2. The van der Waals surface area contributed by atoms with Crippen LogP contribution in [0.1, 0.15) is 66.5 Å². The van der Waals surface area contributed by atoms with Gasteiger partial charge in [0.2, 0.25) is 11.9 Å². The van der Waals surface area contributed by atoms with Gasteiger partial charge in [-0.1, -0.05) is 27.7 Å². The lowest BCUT2D eigenvalue weighted by molar-refractivity contribution is -0.536. The van der Waals surface area contributed by atoms with Gasteiger partial charge in [-0.2, -0.15) is 26.3 Å². The van der Waals surface area contributed by atoms with Gasteiger partial charge in [-0.3, -0.25) is 0 Å². The summed E-state index contributed by atoms with van der Waals surface area (Å²) in [7, 11) is 1.11. The minimum absolute atomic E-state index is 0.0311. The van der Waals surface area contributed by atoms with Gasteiger partial charge in [-0.05, 0) is 48.4 Å².